The van der Waals surface area contributed by atoms with Crippen molar-refractivity contribution in [2.24, 2.45) is 0 Å². The van der Waals surface area contributed by atoms with Crippen LogP contribution in [0.3, 0.4) is 0 Å². The maximum absolute atomic E-state index is 13.4. The number of imidazole rings is 1. The summed E-state index contributed by atoms with van der Waals surface area (Å²) < 4.78 is 53.8. The van der Waals surface area contributed by atoms with E-state index in [0.29, 0.717) is 45.8 Å². The summed E-state index contributed by atoms with van der Waals surface area (Å²) in [5, 5.41) is 0.373. The predicted octanol–water partition coefficient (Wildman–Crippen LogP) is 5.87. The zero-order valence-electron chi connectivity index (χ0n) is 21.8. The number of alkyl halides is 3. The minimum atomic E-state index is -4.49. The van der Waals surface area contributed by atoms with Crippen molar-refractivity contribution in [1.82, 2.24) is 29.4 Å². The molecule has 1 aromatic carbocycles. The first-order chi connectivity index (χ1) is 18.5. The van der Waals surface area contributed by atoms with Crippen LogP contribution in [0.1, 0.15) is 37.4 Å². The van der Waals surface area contributed by atoms with E-state index in [1.54, 1.807) is 22.8 Å². The van der Waals surface area contributed by atoms with Crippen LogP contribution in [0.25, 0.3) is 22.6 Å². The molecule has 206 valence electrons. The molecule has 0 spiro atoms. The summed E-state index contributed by atoms with van der Waals surface area (Å²) in [4.78, 5) is 19.7. The predicted molar refractivity (Wildman–Crippen MR) is 141 cm³/mol. The molecule has 1 fully saturated rings. The topological polar surface area (TPSA) is 78.2 Å². The van der Waals surface area contributed by atoms with Crippen molar-refractivity contribution < 1.29 is 22.6 Å². The highest BCUT2D eigenvalue weighted by Crippen LogP contribution is 2.41. The van der Waals surface area contributed by atoms with Gasteiger partial charge in [-0.3, -0.25) is 4.98 Å². The summed E-state index contributed by atoms with van der Waals surface area (Å²) in [5.41, 5.74) is 0.444. The lowest BCUT2D eigenvalue weighted by Crippen LogP contribution is -2.15. The van der Waals surface area contributed by atoms with Gasteiger partial charge in [0.05, 0.1) is 29.4 Å². The Morgan fingerprint density at radius 1 is 1.10 bits per heavy atom. The van der Waals surface area contributed by atoms with E-state index in [4.69, 9.17) is 26.1 Å². The van der Waals surface area contributed by atoms with Gasteiger partial charge in [0.2, 0.25) is 5.88 Å². The fourth-order valence-electron chi connectivity index (χ4n) is 4.10. The van der Waals surface area contributed by atoms with Gasteiger partial charge in [-0.1, -0.05) is 11.6 Å². The molecule has 8 nitrogen and oxygen atoms in total. The molecule has 0 aliphatic heterocycles. The van der Waals surface area contributed by atoms with Gasteiger partial charge in [-0.25, -0.2) is 9.97 Å². The number of hydrogen-bond donors (Lipinski definition) is 0. The average molecular weight is 561 g/mol. The van der Waals surface area contributed by atoms with Gasteiger partial charge in [-0.2, -0.15) is 18.2 Å². The zero-order valence-corrected chi connectivity index (χ0v) is 22.6. The molecule has 1 aliphatic rings. The number of ether oxygens (including phenoxy) is 2. The van der Waals surface area contributed by atoms with Gasteiger partial charge >= 0.3 is 6.18 Å². The van der Waals surface area contributed by atoms with Gasteiger partial charge in [-0.15, -0.1) is 0 Å². The van der Waals surface area contributed by atoms with Gasteiger partial charge in [0.15, 0.2) is 11.2 Å². The first kappa shape index (κ1) is 27.1. The molecule has 4 aromatic rings. The van der Waals surface area contributed by atoms with Crippen LogP contribution in [-0.2, 0) is 12.7 Å². The third-order valence-corrected chi connectivity index (χ3v) is 6.77. The van der Waals surface area contributed by atoms with E-state index in [1.807, 2.05) is 21.0 Å². The summed E-state index contributed by atoms with van der Waals surface area (Å²) in [6.07, 6.45) is 0.643. The van der Waals surface area contributed by atoms with Crippen LogP contribution in [0.5, 0.6) is 11.6 Å². The van der Waals surface area contributed by atoms with Crippen molar-refractivity contribution >= 4 is 22.8 Å². The minimum Gasteiger partial charge on any atom is -0.493 e. The molecule has 39 heavy (non-hydrogen) atoms. The lowest BCUT2D eigenvalue weighted by molar-refractivity contribution is -0.137. The molecule has 0 atom stereocenters. The number of aromatic nitrogens is 5. The van der Waals surface area contributed by atoms with Gasteiger partial charge in [0.25, 0.3) is 0 Å². The Balaban J connectivity index is 1.54. The number of pyridine rings is 1. The summed E-state index contributed by atoms with van der Waals surface area (Å²) in [6, 6.07) is 7.22. The van der Waals surface area contributed by atoms with Crippen LogP contribution in [0.4, 0.5) is 13.2 Å². The van der Waals surface area contributed by atoms with E-state index >= 15 is 0 Å². The molecule has 0 radical (unpaired) electrons. The molecule has 1 saturated carbocycles. The summed E-state index contributed by atoms with van der Waals surface area (Å²) in [6.45, 7) is 3.38. The Bertz CT molecular complexity index is 1490. The second-order valence-corrected chi connectivity index (χ2v) is 10.5. The first-order valence-corrected chi connectivity index (χ1v) is 12.9. The van der Waals surface area contributed by atoms with Crippen LogP contribution in [0.2, 0.25) is 5.02 Å². The highest BCUT2D eigenvalue weighted by molar-refractivity contribution is 6.33. The van der Waals surface area contributed by atoms with Crippen molar-refractivity contribution in [1.29, 1.82) is 0 Å². The van der Waals surface area contributed by atoms with Crippen molar-refractivity contribution in [3.63, 3.8) is 0 Å². The molecule has 0 saturated heterocycles. The summed E-state index contributed by atoms with van der Waals surface area (Å²) in [7, 11) is 4.00. The fourth-order valence-corrected chi connectivity index (χ4v) is 4.35. The van der Waals surface area contributed by atoms with E-state index in [-0.39, 0.29) is 17.8 Å². The van der Waals surface area contributed by atoms with E-state index in [2.05, 4.69) is 19.9 Å². The van der Waals surface area contributed by atoms with Gasteiger partial charge in [-0.05, 0) is 70.6 Å². The molecule has 1 aliphatic carbocycles. The van der Waals surface area contributed by atoms with Crippen molar-refractivity contribution in [2.45, 2.75) is 44.5 Å². The van der Waals surface area contributed by atoms with E-state index in [9.17, 15) is 13.2 Å². The molecule has 0 amide bonds. The molecule has 0 N–H and O–H groups in total. The van der Waals surface area contributed by atoms with Crippen LogP contribution in [-0.4, -0.2) is 62.3 Å². The first-order valence-electron chi connectivity index (χ1n) is 12.5. The highest BCUT2D eigenvalue weighted by atomic mass is 35.5. The number of nitrogens with zero attached hydrogens (tertiary/aromatic N) is 6. The second kappa shape index (κ2) is 10.6. The van der Waals surface area contributed by atoms with Gasteiger partial charge in [0, 0.05) is 18.3 Å². The molecule has 0 unspecified atom stereocenters. The minimum absolute atomic E-state index is 0.0252. The number of hydrogen-bond acceptors (Lipinski definition) is 7. The lowest BCUT2D eigenvalue weighted by atomic mass is 10.2. The van der Waals surface area contributed by atoms with Crippen LogP contribution in [0, 0.1) is 0 Å². The van der Waals surface area contributed by atoms with E-state index < -0.39 is 11.7 Å². The molecule has 12 heteroatoms. The SMILES string of the molecule is CN(C)CCCOc1ccc(-c2nc3c(OC4(C)CC4)ncnc3n2Cc2cc(C(F)(F)F)ccn2)c(Cl)c1. The Labute approximate surface area is 228 Å². The van der Waals surface area contributed by atoms with Crippen molar-refractivity contribution in [3.8, 4) is 23.0 Å². The quantitative estimate of drug-likeness (QED) is 0.224. The van der Waals surface area contributed by atoms with Crippen LogP contribution >= 0.6 is 11.6 Å². The molecular formula is C27H28ClF3N6O2. The third kappa shape index (κ3) is 6.25. The number of benzene rings is 1. The zero-order chi connectivity index (χ0) is 27.8. The Morgan fingerprint density at radius 2 is 1.90 bits per heavy atom. The fraction of sp³-hybridized carbons (Fsp3) is 0.407. The molecular weight excluding hydrogens is 533 g/mol. The van der Waals surface area contributed by atoms with Crippen molar-refractivity contribution in [3.05, 3.63) is 59.1 Å². The molecule has 5 rings (SSSR count). The van der Waals surface area contributed by atoms with E-state index in [1.165, 1.54) is 6.33 Å². The lowest BCUT2D eigenvalue weighted by Gasteiger charge is -2.13. The number of halogens is 4. The number of fused-ring (bicyclic) bond motifs is 1. The van der Waals surface area contributed by atoms with Crippen LogP contribution in [0.15, 0.2) is 42.9 Å². The molecule has 3 heterocycles. The summed E-state index contributed by atoms with van der Waals surface area (Å²) >= 11 is 6.70. The van der Waals surface area contributed by atoms with Crippen molar-refractivity contribution in [2.75, 3.05) is 27.2 Å². The van der Waals surface area contributed by atoms with Crippen LogP contribution < -0.4 is 9.47 Å². The average Bonchev–Trinajstić information content (AvgIpc) is 3.49. The Kier molecular flexibility index (Phi) is 7.39. The largest absolute Gasteiger partial charge is 0.493 e. The summed E-state index contributed by atoms with van der Waals surface area (Å²) in [5.74, 6) is 1.32. The molecule has 3 aromatic heterocycles. The standard InChI is InChI=1S/C27H28ClF3N6O2/c1-26(8-9-26)39-25-22-24(33-16-34-25)37(15-18-13-17(7-10-32-18)27(29,30)31)23(35-22)20-6-5-19(14-21(20)28)38-12-4-11-36(2)3/h5-7,10,13-14,16H,4,8-9,11-12,15H2,1-3H3. The smallest absolute Gasteiger partial charge is 0.416 e. The Hall–Kier alpha value is -3.44. The normalized spacial score (nSPS) is 14.7. The van der Waals surface area contributed by atoms with E-state index in [0.717, 1.165) is 44.1 Å². The monoisotopic (exact) mass is 560 g/mol. The van der Waals surface area contributed by atoms with Gasteiger partial charge in [0.1, 0.15) is 23.5 Å². The maximum atomic E-state index is 13.4. The molecule has 0 bridgehead atoms. The Morgan fingerprint density at radius 3 is 2.59 bits per heavy atom. The maximum Gasteiger partial charge on any atom is 0.416 e. The highest BCUT2D eigenvalue weighted by Gasteiger charge is 2.41. The second-order valence-electron chi connectivity index (χ2n) is 10.1. The third-order valence-electron chi connectivity index (χ3n) is 6.46. The number of rotatable bonds is 10. The van der Waals surface area contributed by atoms with Gasteiger partial charge < -0.3 is 18.9 Å².